The molecule has 1 fully saturated rings. The molecule has 2 aromatic carbocycles. The molecule has 0 bridgehead atoms. The Balaban J connectivity index is 0.00000171. The van der Waals surface area contributed by atoms with Crippen molar-refractivity contribution in [2.75, 3.05) is 37.0 Å². The summed E-state index contributed by atoms with van der Waals surface area (Å²) in [6.07, 6.45) is 3.60. The van der Waals surface area contributed by atoms with Crippen LogP contribution in [0.25, 0.3) is 0 Å². The number of piperidine rings is 1. The first-order valence-electron chi connectivity index (χ1n) is 10.7. The lowest BCUT2D eigenvalue weighted by Crippen LogP contribution is -2.47. The molecular formula is C24H33Cl2N3O2. The molecule has 2 aromatic rings. The SMILES string of the molecule is CCOc1cc2c(cc1N(C)[C@H]1CCCN[C@H]1c1ccccc1)N(C)C(=O)CC2.Cl.Cl. The molecule has 0 unspecified atom stereocenters. The second-order valence-electron chi connectivity index (χ2n) is 8.00. The zero-order valence-corrected chi connectivity index (χ0v) is 20.1. The van der Waals surface area contributed by atoms with Crippen LogP contribution in [0.2, 0.25) is 0 Å². The third kappa shape index (κ3) is 5.11. The summed E-state index contributed by atoms with van der Waals surface area (Å²) >= 11 is 0. The second kappa shape index (κ2) is 11.1. The number of hydrogen-bond donors (Lipinski definition) is 1. The van der Waals surface area contributed by atoms with Crippen molar-refractivity contribution in [3.63, 3.8) is 0 Å². The van der Waals surface area contributed by atoms with Gasteiger partial charge in [-0.25, -0.2) is 0 Å². The van der Waals surface area contributed by atoms with Crippen LogP contribution in [0, 0.1) is 0 Å². The lowest BCUT2D eigenvalue weighted by Gasteiger charge is -2.41. The number of rotatable bonds is 5. The fraction of sp³-hybridized carbons (Fsp3) is 0.458. The van der Waals surface area contributed by atoms with E-state index in [0.29, 0.717) is 19.1 Å². The van der Waals surface area contributed by atoms with Crippen LogP contribution in [-0.4, -0.2) is 39.2 Å². The van der Waals surface area contributed by atoms with Crippen molar-refractivity contribution in [3.05, 3.63) is 53.6 Å². The van der Waals surface area contributed by atoms with Gasteiger partial charge < -0.3 is 19.9 Å². The first kappa shape index (κ1) is 25.3. The van der Waals surface area contributed by atoms with Crippen LogP contribution in [0.5, 0.6) is 5.75 Å². The number of halogens is 2. The molecule has 0 aromatic heterocycles. The summed E-state index contributed by atoms with van der Waals surface area (Å²) in [5.74, 6) is 1.09. The van der Waals surface area contributed by atoms with Gasteiger partial charge in [0.15, 0.2) is 0 Å². The van der Waals surface area contributed by atoms with E-state index < -0.39 is 0 Å². The van der Waals surface area contributed by atoms with Crippen molar-refractivity contribution in [2.45, 2.75) is 44.7 Å². The van der Waals surface area contributed by atoms with Crippen LogP contribution in [0.1, 0.15) is 43.4 Å². The zero-order chi connectivity index (χ0) is 20.4. The quantitative estimate of drug-likeness (QED) is 0.690. The molecule has 31 heavy (non-hydrogen) atoms. The molecule has 170 valence electrons. The number of amides is 1. The lowest BCUT2D eigenvalue weighted by atomic mass is 9.90. The van der Waals surface area contributed by atoms with Gasteiger partial charge in [-0.1, -0.05) is 30.3 Å². The highest BCUT2D eigenvalue weighted by Gasteiger charge is 2.32. The highest BCUT2D eigenvalue weighted by molar-refractivity contribution is 5.97. The first-order chi connectivity index (χ1) is 14.1. The highest BCUT2D eigenvalue weighted by atomic mass is 35.5. The maximum absolute atomic E-state index is 12.3. The van der Waals surface area contributed by atoms with Gasteiger partial charge in [-0.3, -0.25) is 4.79 Å². The monoisotopic (exact) mass is 465 g/mol. The molecule has 0 aliphatic carbocycles. The van der Waals surface area contributed by atoms with E-state index in [1.54, 1.807) is 4.90 Å². The molecule has 5 nitrogen and oxygen atoms in total. The van der Waals surface area contributed by atoms with E-state index in [2.05, 4.69) is 59.7 Å². The summed E-state index contributed by atoms with van der Waals surface area (Å²) in [4.78, 5) is 16.4. The van der Waals surface area contributed by atoms with Crippen LogP contribution in [0.15, 0.2) is 42.5 Å². The molecule has 7 heteroatoms. The van der Waals surface area contributed by atoms with Gasteiger partial charge in [-0.2, -0.15) is 0 Å². The molecule has 2 heterocycles. The third-order valence-electron chi connectivity index (χ3n) is 6.27. The fourth-order valence-electron chi connectivity index (χ4n) is 4.67. The van der Waals surface area contributed by atoms with Crippen LogP contribution in [-0.2, 0) is 11.2 Å². The molecule has 2 aliphatic heterocycles. The second-order valence-corrected chi connectivity index (χ2v) is 8.00. The van der Waals surface area contributed by atoms with Gasteiger partial charge in [-0.15, -0.1) is 24.8 Å². The molecule has 2 aliphatic rings. The van der Waals surface area contributed by atoms with E-state index in [0.717, 1.165) is 42.9 Å². The average Bonchev–Trinajstić information content (AvgIpc) is 2.76. The van der Waals surface area contributed by atoms with E-state index in [4.69, 9.17) is 4.74 Å². The number of carbonyl (C=O) groups is 1. The predicted octanol–water partition coefficient (Wildman–Crippen LogP) is 4.77. The number of anilines is 2. The number of nitrogens with one attached hydrogen (secondary N) is 1. The van der Waals surface area contributed by atoms with Gasteiger partial charge in [0.1, 0.15) is 5.75 Å². The number of ether oxygens (including phenoxy) is 1. The lowest BCUT2D eigenvalue weighted by molar-refractivity contribution is -0.118. The van der Waals surface area contributed by atoms with Gasteiger partial charge in [0.2, 0.25) is 5.91 Å². The van der Waals surface area contributed by atoms with Crippen molar-refractivity contribution in [3.8, 4) is 5.75 Å². The predicted molar refractivity (Wildman–Crippen MR) is 132 cm³/mol. The Labute approximate surface area is 198 Å². The molecule has 0 spiro atoms. The highest BCUT2D eigenvalue weighted by Crippen LogP contribution is 2.41. The summed E-state index contributed by atoms with van der Waals surface area (Å²) in [5, 5.41) is 3.72. The molecule has 1 N–H and O–H groups in total. The number of hydrogen-bond acceptors (Lipinski definition) is 4. The van der Waals surface area contributed by atoms with Gasteiger partial charge in [0.25, 0.3) is 0 Å². The normalized spacial score (nSPS) is 20.2. The number of likely N-dealkylation sites (N-methyl/N-ethyl adjacent to an activating group) is 1. The molecular weight excluding hydrogens is 433 g/mol. The largest absolute Gasteiger partial charge is 0.492 e. The summed E-state index contributed by atoms with van der Waals surface area (Å²) in [7, 11) is 4.03. The topological polar surface area (TPSA) is 44.8 Å². The van der Waals surface area contributed by atoms with Gasteiger partial charge >= 0.3 is 0 Å². The molecule has 0 saturated carbocycles. The number of fused-ring (bicyclic) bond motifs is 1. The van der Waals surface area contributed by atoms with Gasteiger partial charge in [0.05, 0.1) is 18.3 Å². The summed E-state index contributed by atoms with van der Waals surface area (Å²) in [5.41, 5.74) is 4.56. The Morgan fingerprint density at radius 1 is 1.16 bits per heavy atom. The first-order valence-corrected chi connectivity index (χ1v) is 10.7. The Morgan fingerprint density at radius 3 is 2.61 bits per heavy atom. The van der Waals surface area contributed by atoms with Gasteiger partial charge in [0, 0.05) is 32.2 Å². The number of benzene rings is 2. The van der Waals surface area contributed by atoms with Crippen LogP contribution >= 0.6 is 24.8 Å². The van der Waals surface area contributed by atoms with Gasteiger partial charge in [-0.05, 0) is 56.0 Å². The Kier molecular flexibility index (Phi) is 9.04. The smallest absolute Gasteiger partial charge is 0.227 e. The minimum absolute atomic E-state index is 0. The van der Waals surface area contributed by atoms with E-state index >= 15 is 0 Å². The minimum atomic E-state index is 0. The molecule has 1 saturated heterocycles. The standard InChI is InChI=1S/C24H31N3O2.2ClH/c1-4-29-22-15-18-12-13-23(28)27(3)20(18)16-21(22)26(2)19-11-8-14-25-24(19)17-9-6-5-7-10-17;;/h5-7,9-10,15-16,19,24-25H,4,8,11-14H2,1-3H3;2*1H/t19-,24-;;/m0../s1. The third-order valence-corrected chi connectivity index (χ3v) is 6.27. The van der Waals surface area contributed by atoms with E-state index in [1.807, 2.05) is 14.0 Å². The van der Waals surface area contributed by atoms with Crippen molar-refractivity contribution in [2.24, 2.45) is 0 Å². The summed E-state index contributed by atoms with van der Waals surface area (Å²) < 4.78 is 6.05. The van der Waals surface area contributed by atoms with E-state index in [1.165, 1.54) is 11.1 Å². The Bertz CT molecular complexity index is 879. The maximum atomic E-state index is 12.3. The maximum Gasteiger partial charge on any atom is 0.227 e. The van der Waals surface area contributed by atoms with E-state index in [-0.39, 0.29) is 36.8 Å². The van der Waals surface area contributed by atoms with Crippen molar-refractivity contribution in [1.82, 2.24) is 5.32 Å². The molecule has 4 rings (SSSR count). The molecule has 0 radical (unpaired) electrons. The molecule has 2 atom stereocenters. The zero-order valence-electron chi connectivity index (χ0n) is 18.5. The Hall–Kier alpha value is -1.95. The summed E-state index contributed by atoms with van der Waals surface area (Å²) in [6, 6.07) is 15.5. The van der Waals surface area contributed by atoms with Crippen molar-refractivity contribution >= 4 is 42.1 Å². The number of nitrogens with zero attached hydrogens (tertiary/aromatic N) is 2. The van der Waals surface area contributed by atoms with Crippen molar-refractivity contribution in [1.29, 1.82) is 0 Å². The molecule has 1 amide bonds. The van der Waals surface area contributed by atoms with E-state index in [9.17, 15) is 4.79 Å². The average molecular weight is 466 g/mol. The number of carbonyl (C=O) groups excluding carboxylic acids is 1. The minimum Gasteiger partial charge on any atom is -0.492 e. The van der Waals surface area contributed by atoms with Crippen molar-refractivity contribution < 1.29 is 9.53 Å². The number of aryl methyl sites for hydroxylation is 1. The van der Waals surface area contributed by atoms with Crippen LogP contribution in [0.4, 0.5) is 11.4 Å². The van der Waals surface area contributed by atoms with Crippen LogP contribution < -0.4 is 19.9 Å². The summed E-state index contributed by atoms with van der Waals surface area (Å²) in [6.45, 7) is 3.68. The fourth-order valence-corrected chi connectivity index (χ4v) is 4.67. The Morgan fingerprint density at radius 2 is 1.90 bits per heavy atom. The van der Waals surface area contributed by atoms with Crippen LogP contribution in [0.3, 0.4) is 0 Å².